The molecule has 2 unspecified atom stereocenters. The van der Waals surface area contributed by atoms with Crippen molar-refractivity contribution in [2.75, 3.05) is 13.7 Å². The first-order valence-electron chi connectivity index (χ1n) is 3.83. The van der Waals surface area contributed by atoms with Crippen LogP contribution in [0.2, 0.25) is 0 Å². The van der Waals surface area contributed by atoms with Gasteiger partial charge in [-0.05, 0) is 18.3 Å². The molecule has 9 heavy (non-hydrogen) atoms. The van der Waals surface area contributed by atoms with E-state index in [0.29, 0.717) is 0 Å². The van der Waals surface area contributed by atoms with E-state index < -0.39 is 0 Å². The predicted octanol–water partition coefficient (Wildman–Crippen LogP) is 2.32. The van der Waals surface area contributed by atoms with E-state index >= 15 is 0 Å². The van der Waals surface area contributed by atoms with Gasteiger partial charge in [0, 0.05) is 13.7 Å². The van der Waals surface area contributed by atoms with Gasteiger partial charge in [-0.15, -0.1) is 0 Å². The summed E-state index contributed by atoms with van der Waals surface area (Å²) in [4.78, 5) is 0. The summed E-state index contributed by atoms with van der Waals surface area (Å²) >= 11 is 0. The first kappa shape index (κ1) is 8.96. The Bertz CT molecular complexity index is 61.6. The van der Waals surface area contributed by atoms with Crippen molar-refractivity contribution in [2.45, 2.75) is 27.2 Å². The zero-order valence-electron chi connectivity index (χ0n) is 6.98. The topological polar surface area (TPSA) is 9.23 Å². The molecule has 1 aliphatic rings. The van der Waals surface area contributed by atoms with E-state index in [2.05, 4.69) is 6.92 Å². The summed E-state index contributed by atoms with van der Waals surface area (Å²) in [6.45, 7) is 7.24. The lowest BCUT2D eigenvalue weighted by Gasteiger charge is -1.89. The van der Waals surface area contributed by atoms with Gasteiger partial charge in [0.15, 0.2) is 0 Å². The minimum Gasteiger partial charge on any atom is -0.384 e. The van der Waals surface area contributed by atoms with Crippen molar-refractivity contribution in [1.29, 1.82) is 0 Å². The average Bonchev–Trinajstić information content (AvgIpc) is 2.54. The molecule has 56 valence electrons. The Morgan fingerprint density at radius 2 is 1.89 bits per heavy atom. The van der Waals surface area contributed by atoms with E-state index in [-0.39, 0.29) is 0 Å². The Kier molecular flexibility index (Phi) is 4.78. The third-order valence-corrected chi connectivity index (χ3v) is 1.66. The maximum atomic E-state index is 4.94. The number of hydrogen-bond acceptors (Lipinski definition) is 1. The molecule has 0 amide bonds. The standard InChI is InChI=1S/C6H12O.C2H6/c1-5-3-6(5)4-7-2;1-2/h5-6H,3-4H2,1-2H3;1-2H3. The van der Waals surface area contributed by atoms with Crippen molar-refractivity contribution in [1.82, 2.24) is 0 Å². The SMILES string of the molecule is CC.COCC1CC1C. The van der Waals surface area contributed by atoms with Crippen LogP contribution in [-0.2, 0) is 4.74 Å². The Hall–Kier alpha value is -0.0400. The third kappa shape index (κ3) is 3.52. The molecule has 1 aliphatic carbocycles. The molecule has 1 saturated carbocycles. The average molecular weight is 130 g/mol. The minimum absolute atomic E-state index is 0.894. The summed E-state index contributed by atoms with van der Waals surface area (Å²) in [7, 11) is 1.77. The van der Waals surface area contributed by atoms with Crippen LogP contribution >= 0.6 is 0 Å². The quantitative estimate of drug-likeness (QED) is 0.557. The van der Waals surface area contributed by atoms with Crippen molar-refractivity contribution in [3.05, 3.63) is 0 Å². The fraction of sp³-hybridized carbons (Fsp3) is 1.00. The van der Waals surface area contributed by atoms with Gasteiger partial charge < -0.3 is 4.74 Å². The highest BCUT2D eigenvalue weighted by Crippen LogP contribution is 2.37. The van der Waals surface area contributed by atoms with Crippen LogP contribution in [0.5, 0.6) is 0 Å². The molecular weight excluding hydrogens is 112 g/mol. The largest absolute Gasteiger partial charge is 0.384 e. The second kappa shape index (κ2) is 4.80. The van der Waals surface area contributed by atoms with Crippen molar-refractivity contribution in [3.63, 3.8) is 0 Å². The van der Waals surface area contributed by atoms with E-state index in [4.69, 9.17) is 4.74 Å². The molecule has 1 heteroatoms. The molecule has 0 aromatic carbocycles. The van der Waals surface area contributed by atoms with Crippen molar-refractivity contribution >= 4 is 0 Å². The predicted molar refractivity (Wildman–Crippen MR) is 40.5 cm³/mol. The summed E-state index contributed by atoms with van der Waals surface area (Å²) in [5, 5.41) is 0. The first-order valence-corrected chi connectivity index (χ1v) is 3.83. The molecule has 2 atom stereocenters. The molecular formula is C8H18O. The van der Waals surface area contributed by atoms with Gasteiger partial charge in [-0.1, -0.05) is 20.8 Å². The highest BCUT2D eigenvalue weighted by molar-refractivity contribution is 4.81. The summed E-state index contributed by atoms with van der Waals surface area (Å²) in [6, 6.07) is 0. The lowest BCUT2D eigenvalue weighted by Crippen LogP contribution is -1.90. The summed E-state index contributed by atoms with van der Waals surface area (Å²) in [5.41, 5.74) is 0. The van der Waals surface area contributed by atoms with E-state index in [0.717, 1.165) is 18.4 Å². The lowest BCUT2D eigenvalue weighted by molar-refractivity contribution is 0.182. The molecule has 0 aromatic heterocycles. The van der Waals surface area contributed by atoms with Crippen LogP contribution in [0, 0.1) is 11.8 Å². The number of hydrogen-bond donors (Lipinski definition) is 0. The molecule has 1 fully saturated rings. The van der Waals surface area contributed by atoms with Crippen LogP contribution in [-0.4, -0.2) is 13.7 Å². The molecule has 0 heterocycles. The van der Waals surface area contributed by atoms with Crippen molar-refractivity contribution in [2.24, 2.45) is 11.8 Å². The van der Waals surface area contributed by atoms with Crippen LogP contribution < -0.4 is 0 Å². The Labute approximate surface area is 58.4 Å². The Balaban J connectivity index is 0.000000291. The minimum atomic E-state index is 0.894. The number of rotatable bonds is 2. The van der Waals surface area contributed by atoms with Crippen LogP contribution in [0.15, 0.2) is 0 Å². The van der Waals surface area contributed by atoms with E-state index in [9.17, 15) is 0 Å². The highest BCUT2D eigenvalue weighted by atomic mass is 16.5. The van der Waals surface area contributed by atoms with Crippen LogP contribution in [0.4, 0.5) is 0 Å². The summed E-state index contributed by atoms with van der Waals surface area (Å²) in [5.74, 6) is 1.84. The Morgan fingerprint density at radius 1 is 1.44 bits per heavy atom. The van der Waals surface area contributed by atoms with Gasteiger partial charge in [-0.2, -0.15) is 0 Å². The fourth-order valence-electron chi connectivity index (χ4n) is 0.845. The van der Waals surface area contributed by atoms with Crippen LogP contribution in [0.1, 0.15) is 27.2 Å². The van der Waals surface area contributed by atoms with E-state index in [1.54, 1.807) is 7.11 Å². The molecule has 0 radical (unpaired) electrons. The maximum Gasteiger partial charge on any atom is 0.0493 e. The molecule has 0 saturated heterocycles. The molecule has 0 spiro atoms. The van der Waals surface area contributed by atoms with Gasteiger partial charge >= 0.3 is 0 Å². The zero-order chi connectivity index (χ0) is 7.28. The normalized spacial score (nSPS) is 30.7. The molecule has 0 aromatic rings. The van der Waals surface area contributed by atoms with Gasteiger partial charge in [0.05, 0.1) is 0 Å². The fourth-order valence-corrected chi connectivity index (χ4v) is 0.845. The Morgan fingerprint density at radius 3 is 2.00 bits per heavy atom. The summed E-state index contributed by atoms with van der Waals surface area (Å²) < 4.78 is 4.94. The maximum absolute atomic E-state index is 4.94. The monoisotopic (exact) mass is 130 g/mol. The van der Waals surface area contributed by atoms with Gasteiger partial charge in [-0.3, -0.25) is 0 Å². The smallest absolute Gasteiger partial charge is 0.0493 e. The van der Waals surface area contributed by atoms with Gasteiger partial charge in [0.25, 0.3) is 0 Å². The molecule has 0 bridgehead atoms. The number of ether oxygens (including phenoxy) is 1. The first-order chi connectivity index (χ1) is 4.34. The lowest BCUT2D eigenvalue weighted by atomic mass is 10.4. The van der Waals surface area contributed by atoms with Crippen molar-refractivity contribution in [3.8, 4) is 0 Å². The molecule has 1 rings (SSSR count). The number of methoxy groups -OCH3 is 1. The summed E-state index contributed by atoms with van der Waals surface area (Å²) in [6.07, 6.45) is 1.38. The zero-order valence-corrected chi connectivity index (χ0v) is 6.98. The van der Waals surface area contributed by atoms with E-state index in [1.807, 2.05) is 13.8 Å². The van der Waals surface area contributed by atoms with Crippen LogP contribution in [0.3, 0.4) is 0 Å². The third-order valence-electron chi connectivity index (χ3n) is 1.66. The second-order valence-electron chi connectivity index (χ2n) is 2.43. The highest BCUT2D eigenvalue weighted by Gasteiger charge is 2.31. The molecule has 0 N–H and O–H groups in total. The van der Waals surface area contributed by atoms with E-state index in [1.165, 1.54) is 6.42 Å². The van der Waals surface area contributed by atoms with Crippen LogP contribution in [0.25, 0.3) is 0 Å². The van der Waals surface area contributed by atoms with Crippen molar-refractivity contribution < 1.29 is 4.74 Å². The van der Waals surface area contributed by atoms with Gasteiger partial charge in [0.2, 0.25) is 0 Å². The van der Waals surface area contributed by atoms with Gasteiger partial charge in [-0.25, -0.2) is 0 Å². The second-order valence-corrected chi connectivity index (χ2v) is 2.43. The molecule has 1 nitrogen and oxygen atoms in total. The van der Waals surface area contributed by atoms with Gasteiger partial charge in [0.1, 0.15) is 0 Å². The molecule has 0 aliphatic heterocycles.